The molecule has 0 radical (unpaired) electrons. The molecule has 0 unspecified atom stereocenters. The standard InChI is InChI=1S/C8H9N3O/c9-6-8-7(11-4-5-12)2-1-3-10-8/h1-3,11-12H,4-5H2. The van der Waals surface area contributed by atoms with Gasteiger partial charge in [-0.3, -0.25) is 0 Å². The summed E-state index contributed by atoms with van der Waals surface area (Å²) in [4.78, 5) is 3.84. The van der Waals surface area contributed by atoms with E-state index in [2.05, 4.69) is 10.3 Å². The van der Waals surface area contributed by atoms with E-state index in [0.29, 0.717) is 17.9 Å². The largest absolute Gasteiger partial charge is 0.395 e. The van der Waals surface area contributed by atoms with Crippen molar-refractivity contribution in [2.24, 2.45) is 0 Å². The van der Waals surface area contributed by atoms with Crippen LogP contribution in [0.2, 0.25) is 0 Å². The number of aromatic nitrogens is 1. The topological polar surface area (TPSA) is 68.9 Å². The highest BCUT2D eigenvalue weighted by Gasteiger charge is 1.98. The number of hydrogen-bond acceptors (Lipinski definition) is 4. The van der Waals surface area contributed by atoms with Crippen molar-refractivity contribution in [2.75, 3.05) is 18.5 Å². The number of pyridine rings is 1. The lowest BCUT2D eigenvalue weighted by Crippen LogP contribution is -2.07. The SMILES string of the molecule is N#Cc1ncccc1NCCO. The predicted octanol–water partition coefficient (Wildman–Crippen LogP) is 0.357. The fourth-order valence-electron chi connectivity index (χ4n) is 0.828. The van der Waals surface area contributed by atoms with E-state index in [1.807, 2.05) is 6.07 Å². The molecule has 0 saturated carbocycles. The van der Waals surface area contributed by atoms with Crippen molar-refractivity contribution < 1.29 is 5.11 Å². The molecule has 0 bridgehead atoms. The molecule has 0 aliphatic rings. The normalized spacial score (nSPS) is 9.00. The third kappa shape index (κ3) is 1.94. The predicted molar refractivity (Wildman–Crippen MR) is 44.5 cm³/mol. The van der Waals surface area contributed by atoms with Crippen LogP contribution in [0.4, 0.5) is 5.69 Å². The molecule has 0 aliphatic carbocycles. The van der Waals surface area contributed by atoms with Crippen molar-refractivity contribution in [1.82, 2.24) is 4.98 Å². The van der Waals surface area contributed by atoms with E-state index in [9.17, 15) is 0 Å². The van der Waals surface area contributed by atoms with Crippen molar-refractivity contribution in [3.63, 3.8) is 0 Å². The van der Waals surface area contributed by atoms with Crippen molar-refractivity contribution in [3.05, 3.63) is 24.0 Å². The first-order valence-electron chi connectivity index (χ1n) is 3.58. The molecule has 1 heterocycles. The number of nitrogens with one attached hydrogen (secondary N) is 1. The fraction of sp³-hybridized carbons (Fsp3) is 0.250. The number of hydrogen-bond donors (Lipinski definition) is 2. The summed E-state index contributed by atoms with van der Waals surface area (Å²) in [6, 6.07) is 5.44. The second kappa shape index (κ2) is 4.31. The molecule has 0 fully saturated rings. The highest BCUT2D eigenvalue weighted by Crippen LogP contribution is 2.09. The van der Waals surface area contributed by atoms with Crippen LogP contribution in [0.1, 0.15) is 5.69 Å². The molecule has 4 heteroatoms. The molecule has 0 saturated heterocycles. The zero-order valence-electron chi connectivity index (χ0n) is 6.49. The number of aliphatic hydroxyl groups is 1. The molecule has 2 N–H and O–H groups in total. The third-order valence-electron chi connectivity index (χ3n) is 1.34. The molecule has 0 amide bonds. The maximum Gasteiger partial charge on any atom is 0.163 e. The monoisotopic (exact) mass is 163 g/mol. The summed E-state index contributed by atoms with van der Waals surface area (Å²) in [5.41, 5.74) is 1.01. The van der Waals surface area contributed by atoms with Crippen LogP contribution < -0.4 is 5.32 Å². The van der Waals surface area contributed by atoms with Gasteiger partial charge in [-0.2, -0.15) is 5.26 Å². The number of nitriles is 1. The zero-order valence-corrected chi connectivity index (χ0v) is 6.49. The van der Waals surface area contributed by atoms with E-state index in [0.717, 1.165) is 0 Å². The van der Waals surface area contributed by atoms with Gasteiger partial charge in [0.15, 0.2) is 5.69 Å². The van der Waals surface area contributed by atoms with Crippen LogP contribution in [0.3, 0.4) is 0 Å². The van der Waals surface area contributed by atoms with Gasteiger partial charge in [-0.05, 0) is 12.1 Å². The first-order valence-corrected chi connectivity index (χ1v) is 3.58. The van der Waals surface area contributed by atoms with Crippen LogP contribution in [-0.4, -0.2) is 23.2 Å². The Morgan fingerprint density at radius 2 is 2.50 bits per heavy atom. The summed E-state index contributed by atoms with van der Waals surface area (Å²) in [6.45, 7) is 0.472. The van der Waals surface area contributed by atoms with Gasteiger partial charge < -0.3 is 10.4 Å². The maximum absolute atomic E-state index is 8.60. The Labute approximate surface area is 70.5 Å². The van der Waals surface area contributed by atoms with Gasteiger partial charge in [-0.25, -0.2) is 4.98 Å². The highest BCUT2D eigenvalue weighted by molar-refractivity contribution is 5.53. The van der Waals surface area contributed by atoms with E-state index >= 15 is 0 Å². The van der Waals surface area contributed by atoms with Gasteiger partial charge in [-0.15, -0.1) is 0 Å². The average molecular weight is 163 g/mol. The number of aliphatic hydroxyl groups excluding tert-OH is 1. The molecular formula is C8H9N3O. The fourth-order valence-corrected chi connectivity index (χ4v) is 0.828. The average Bonchev–Trinajstić information content (AvgIpc) is 2.15. The molecule has 1 aromatic rings. The maximum atomic E-state index is 8.60. The highest BCUT2D eigenvalue weighted by atomic mass is 16.3. The molecule has 1 aromatic heterocycles. The van der Waals surface area contributed by atoms with E-state index in [1.165, 1.54) is 0 Å². The van der Waals surface area contributed by atoms with Gasteiger partial charge in [0.25, 0.3) is 0 Å². The van der Waals surface area contributed by atoms with Crippen LogP contribution in [-0.2, 0) is 0 Å². The Balaban J connectivity index is 2.77. The van der Waals surface area contributed by atoms with Crippen LogP contribution in [0.5, 0.6) is 0 Å². The molecule has 12 heavy (non-hydrogen) atoms. The van der Waals surface area contributed by atoms with Crippen molar-refractivity contribution in [3.8, 4) is 6.07 Å². The lowest BCUT2D eigenvalue weighted by molar-refractivity contribution is 0.311. The van der Waals surface area contributed by atoms with E-state index < -0.39 is 0 Å². The summed E-state index contributed by atoms with van der Waals surface area (Å²) < 4.78 is 0. The molecule has 0 aliphatic heterocycles. The summed E-state index contributed by atoms with van der Waals surface area (Å²) in [7, 11) is 0. The molecule has 0 atom stereocenters. The Morgan fingerprint density at radius 3 is 3.17 bits per heavy atom. The molecule has 0 spiro atoms. The number of nitrogens with zero attached hydrogens (tertiary/aromatic N) is 2. The Hall–Kier alpha value is -1.60. The van der Waals surface area contributed by atoms with Gasteiger partial charge in [0.05, 0.1) is 12.3 Å². The molecule has 4 nitrogen and oxygen atoms in total. The van der Waals surface area contributed by atoms with E-state index in [1.54, 1.807) is 18.3 Å². The van der Waals surface area contributed by atoms with Crippen LogP contribution in [0, 0.1) is 11.3 Å². The van der Waals surface area contributed by atoms with Gasteiger partial charge in [0.2, 0.25) is 0 Å². The second-order valence-corrected chi connectivity index (χ2v) is 2.16. The summed E-state index contributed by atoms with van der Waals surface area (Å²) in [5, 5.41) is 20.0. The second-order valence-electron chi connectivity index (χ2n) is 2.16. The quantitative estimate of drug-likeness (QED) is 0.675. The van der Waals surface area contributed by atoms with Crippen LogP contribution in [0.15, 0.2) is 18.3 Å². The Bertz CT molecular complexity index is 293. The first-order chi connectivity index (χ1) is 5.88. The smallest absolute Gasteiger partial charge is 0.163 e. The molecular weight excluding hydrogens is 154 g/mol. The lowest BCUT2D eigenvalue weighted by atomic mass is 10.3. The van der Waals surface area contributed by atoms with Gasteiger partial charge in [0.1, 0.15) is 6.07 Å². The zero-order chi connectivity index (χ0) is 8.81. The molecule has 0 aromatic carbocycles. The van der Waals surface area contributed by atoms with Crippen molar-refractivity contribution >= 4 is 5.69 Å². The van der Waals surface area contributed by atoms with Gasteiger partial charge in [-0.1, -0.05) is 0 Å². The minimum atomic E-state index is 0.0414. The van der Waals surface area contributed by atoms with E-state index in [4.69, 9.17) is 10.4 Å². The first kappa shape index (κ1) is 8.50. The lowest BCUT2D eigenvalue weighted by Gasteiger charge is -2.03. The number of rotatable bonds is 3. The molecule has 1 rings (SSSR count). The third-order valence-corrected chi connectivity index (χ3v) is 1.34. The van der Waals surface area contributed by atoms with Crippen molar-refractivity contribution in [1.29, 1.82) is 5.26 Å². The van der Waals surface area contributed by atoms with Gasteiger partial charge >= 0.3 is 0 Å². The Morgan fingerprint density at radius 1 is 1.67 bits per heavy atom. The molecule has 62 valence electrons. The van der Waals surface area contributed by atoms with Gasteiger partial charge in [0, 0.05) is 12.7 Å². The van der Waals surface area contributed by atoms with E-state index in [-0.39, 0.29) is 6.61 Å². The minimum Gasteiger partial charge on any atom is -0.395 e. The summed E-state index contributed by atoms with van der Waals surface area (Å²) in [6.07, 6.45) is 1.56. The van der Waals surface area contributed by atoms with Crippen LogP contribution in [0.25, 0.3) is 0 Å². The minimum absolute atomic E-state index is 0.0414. The number of anilines is 1. The summed E-state index contributed by atoms with van der Waals surface area (Å²) in [5.74, 6) is 0. The Kier molecular flexibility index (Phi) is 3.05. The van der Waals surface area contributed by atoms with Crippen molar-refractivity contribution in [2.45, 2.75) is 0 Å². The summed E-state index contributed by atoms with van der Waals surface area (Å²) >= 11 is 0. The van der Waals surface area contributed by atoms with Crippen LogP contribution >= 0.6 is 0 Å².